The normalized spacial score (nSPS) is 18.6. The molecule has 1 aromatic heterocycles. The van der Waals surface area contributed by atoms with Crippen molar-refractivity contribution >= 4 is 22.6 Å². The van der Waals surface area contributed by atoms with E-state index < -0.39 is 0 Å². The second kappa shape index (κ2) is 12.1. The van der Waals surface area contributed by atoms with Gasteiger partial charge in [-0.25, -0.2) is 0 Å². The Kier molecular flexibility index (Phi) is 9.55. The van der Waals surface area contributed by atoms with Crippen LogP contribution < -0.4 is 32.1 Å². The van der Waals surface area contributed by atoms with E-state index in [1.807, 2.05) is 35.3 Å². The van der Waals surface area contributed by atoms with Gasteiger partial charge in [0.15, 0.2) is 0 Å². The first-order valence-electron chi connectivity index (χ1n) is 11.9. The van der Waals surface area contributed by atoms with E-state index in [1.165, 1.54) is 32.1 Å². The van der Waals surface area contributed by atoms with Gasteiger partial charge in [0.2, 0.25) is 0 Å². The number of aliphatic hydroxyl groups excluding tert-OH is 1. The SMILES string of the molecule is CCC(NC1CCCCC1)C(CC)(CO)CNc1nc2ccccc2cc1C([OH2+])=N[I-]C. The molecule has 2 atom stereocenters. The topological polar surface area (TPSA) is 92.4 Å². The van der Waals surface area contributed by atoms with Crippen molar-refractivity contribution in [3.8, 4) is 0 Å². The Morgan fingerprint density at radius 3 is 2.69 bits per heavy atom. The summed E-state index contributed by atoms with van der Waals surface area (Å²) >= 11 is -0.384. The third kappa shape index (κ3) is 5.91. The van der Waals surface area contributed by atoms with E-state index in [2.05, 4.69) is 27.7 Å². The number of hydrogen-bond donors (Lipinski definition) is 3. The van der Waals surface area contributed by atoms with Gasteiger partial charge in [-0.15, -0.1) is 0 Å². The second-order valence-electron chi connectivity index (χ2n) is 8.87. The van der Waals surface area contributed by atoms with Gasteiger partial charge in [0.1, 0.15) is 0 Å². The standard InChI is InChI=1S/C25H38IN4O2/c1-4-22(28-19-12-7-6-8-13-19)25(5-2,17-31)16-27-23-20(24(32)30-26-3)15-18-11-9-10-14-21(18)29-23/h9-11,14-15,19,22,28,31H,4-8,12-13,16-17H2,1-3H3,(H,27,29)(H,30,32)/q-1/p+1. The summed E-state index contributed by atoms with van der Waals surface area (Å²) in [7, 11) is 0. The zero-order chi connectivity index (χ0) is 23.0. The zero-order valence-corrected chi connectivity index (χ0v) is 21.8. The molecule has 3 rings (SSSR count). The number of para-hydroxylation sites is 1. The summed E-state index contributed by atoms with van der Waals surface area (Å²) in [5.41, 5.74) is 1.34. The van der Waals surface area contributed by atoms with Gasteiger partial charge in [-0.3, -0.25) is 0 Å². The Morgan fingerprint density at radius 1 is 1.28 bits per heavy atom. The van der Waals surface area contributed by atoms with Crippen LogP contribution >= 0.6 is 0 Å². The van der Waals surface area contributed by atoms with Crippen LogP contribution in [0.25, 0.3) is 10.9 Å². The Hall–Kier alpha value is -1.45. The molecular formula is C25H39IN4O2. The van der Waals surface area contributed by atoms with Crippen molar-refractivity contribution in [3.05, 3.63) is 35.9 Å². The van der Waals surface area contributed by atoms with E-state index in [9.17, 15) is 5.11 Å². The fourth-order valence-electron chi connectivity index (χ4n) is 4.87. The predicted molar refractivity (Wildman–Crippen MR) is 130 cm³/mol. The molecule has 32 heavy (non-hydrogen) atoms. The summed E-state index contributed by atoms with van der Waals surface area (Å²) in [5.74, 6) is 0.980. The molecule has 1 aromatic carbocycles. The van der Waals surface area contributed by atoms with Crippen molar-refractivity contribution in [2.45, 2.75) is 70.9 Å². The van der Waals surface area contributed by atoms with E-state index in [0.717, 1.165) is 29.3 Å². The number of aromatic nitrogens is 1. The second-order valence-corrected chi connectivity index (χ2v) is 10.3. The average molecular weight is 555 g/mol. The molecule has 1 aliphatic rings. The maximum atomic E-state index is 10.6. The molecule has 7 heteroatoms. The molecule has 0 bridgehead atoms. The van der Waals surface area contributed by atoms with Crippen LogP contribution in [-0.2, 0) is 0 Å². The molecule has 0 amide bonds. The van der Waals surface area contributed by atoms with E-state index in [1.54, 1.807) is 0 Å². The minimum absolute atomic E-state index is 0.111. The Balaban J connectivity index is 1.88. The number of halogens is 1. The molecule has 0 aliphatic heterocycles. The first-order chi connectivity index (χ1) is 15.6. The molecule has 1 fully saturated rings. The van der Waals surface area contributed by atoms with Crippen molar-refractivity contribution in [2.75, 3.05) is 23.4 Å². The molecule has 5 N–H and O–H groups in total. The molecular weight excluding hydrogens is 515 g/mol. The predicted octanol–water partition coefficient (Wildman–Crippen LogP) is 0.841. The van der Waals surface area contributed by atoms with Crippen molar-refractivity contribution in [1.82, 2.24) is 10.3 Å². The number of rotatable bonds is 11. The fourth-order valence-corrected chi connectivity index (χ4v) is 5.62. The quantitative estimate of drug-likeness (QED) is 0.126. The number of hydrogen-bond acceptors (Lipinski definition) is 5. The number of alkyl halides is 1. The van der Waals surface area contributed by atoms with Gasteiger partial charge in [-0.05, 0) is 0 Å². The number of benzene rings is 1. The Labute approximate surface area is 202 Å². The molecule has 2 aromatic rings. The van der Waals surface area contributed by atoms with Crippen LogP contribution in [0.4, 0.5) is 5.82 Å². The van der Waals surface area contributed by atoms with Crippen LogP contribution in [0, 0.1) is 5.41 Å². The summed E-state index contributed by atoms with van der Waals surface area (Å²) in [6.07, 6.45) is 8.20. The van der Waals surface area contributed by atoms with Crippen molar-refractivity contribution in [3.63, 3.8) is 0 Å². The molecule has 1 aliphatic carbocycles. The summed E-state index contributed by atoms with van der Waals surface area (Å²) in [6.45, 7) is 5.08. The molecule has 6 nitrogen and oxygen atoms in total. The number of nitrogens with zero attached hydrogens (tertiary/aromatic N) is 2. The summed E-state index contributed by atoms with van der Waals surface area (Å²) in [5, 5.41) is 27.5. The van der Waals surface area contributed by atoms with Gasteiger partial charge in [0.05, 0.1) is 0 Å². The Morgan fingerprint density at radius 2 is 2.03 bits per heavy atom. The zero-order valence-electron chi connectivity index (χ0n) is 19.6. The third-order valence-electron chi connectivity index (χ3n) is 6.96. The number of anilines is 1. The fraction of sp³-hybridized carbons (Fsp3) is 0.600. The van der Waals surface area contributed by atoms with Gasteiger partial charge < -0.3 is 0 Å². The molecule has 1 heterocycles. The molecule has 0 saturated heterocycles. The van der Waals surface area contributed by atoms with Crippen LogP contribution in [0.3, 0.4) is 0 Å². The van der Waals surface area contributed by atoms with Crippen LogP contribution in [0.1, 0.15) is 64.4 Å². The Bertz CT molecular complexity index is 895. The molecule has 2 unspecified atom stereocenters. The van der Waals surface area contributed by atoms with Crippen LogP contribution in [0.2, 0.25) is 0 Å². The van der Waals surface area contributed by atoms with Crippen LogP contribution in [0.15, 0.2) is 33.5 Å². The molecule has 178 valence electrons. The number of fused-ring (bicyclic) bond motifs is 1. The monoisotopic (exact) mass is 554 g/mol. The first-order valence-corrected chi connectivity index (χ1v) is 15.0. The van der Waals surface area contributed by atoms with E-state index >= 15 is 0 Å². The molecule has 0 radical (unpaired) electrons. The van der Waals surface area contributed by atoms with E-state index in [4.69, 9.17) is 10.1 Å². The number of pyridine rings is 1. The van der Waals surface area contributed by atoms with Gasteiger partial charge in [-0.1, -0.05) is 6.42 Å². The van der Waals surface area contributed by atoms with E-state index in [-0.39, 0.29) is 39.5 Å². The van der Waals surface area contributed by atoms with Gasteiger partial charge in [-0.2, -0.15) is 0 Å². The van der Waals surface area contributed by atoms with Crippen molar-refractivity contribution < 1.29 is 31.7 Å². The van der Waals surface area contributed by atoms with Gasteiger partial charge in [0, 0.05) is 0 Å². The van der Waals surface area contributed by atoms with Crippen molar-refractivity contribution in [2.24, 2.45) is 8.62 Å². The third-order valence-corrected chi connectivity index (χ3v) is 7.93. The number of aliphatic hydroxyl groups is 1. The summed E-state index contributed by atoms with van der Waals surface area (Å²) in [6, 6.07) is 10.8. The molecule has 0 spiro atoms. The molecule has 1 saturated carbocycles. The minimum atomic E-state index is -0.384. The summed E-state index contributed by atoms with van der Waals surface area (Å²) in [4.78, 5) is 6.90. The van der Waals surface area contributed by atoms with Crippen LogP contribution in [0.5, 0.6) is 0 Å². The van der Waals surface area contributed by atoms with Gasteiger partial charge in [0.25, 0.3) is 0 Å². The number of nitrogens with one attached hydrogen (secondary N) is 2. The summed E-state index contributed by atoms with van der Waals surface area (Å²) < 4.78 is 4.43. The van der Waals surface area contributed by atoms with Gasteiger partial charge >= 0.3 is 197 Å². The van der Waals surface area contributed by atoms with Crippen molar-refractivity contribution in [1.29, 1.82) is 0 Å². The average Bonchev–Trinajstić information content (AvgIpc) is 2.84. The van der Waals surface area contributed by atoms with Crippen LogP contribution in [-0.4, -0.2) is 51.3 Å². The maximum absolute atomic E-state index is 10.6. The van der Waals surface area contributed by atoms with E-state index in [0.29, 0.717) is 24.3 Å². The first kappa shape index (κ1) is 25.2.